The lowest BCUT2D eigenvalue weighted by atomic mass is 10.2. The third-order valence-corrected chi connectivity index (χ3v) is 5.34. The van der Waals surface area contributed by atoms with Gasteiger partial charge in [0.25, 0.3) is 11.8 Å². The predicted molar refractivity (Wildman–Crippen MR) is 129 cm³/mol. The second-order valence-electron chi connectivity index (χ2n) is 7.98. The van der Waals surface area contributed by atoms with Crippen LogP contribution in [0.25, 0.3) is 0 Å². The Labute approximate surface area is 204 Å². The number of amides is 2. The van der Waals surface area contributed by atoms with Crippen LogP contribution in [0.3, 0.4) is 0 Å². The highest BCUT2D eigenvalue weighted by atomic mass is 16.5. The molecule has 3 aromatic rings. The summed E-state index contributed by atoms with van der Waals surface area (Å²) in [6.45, 7) is 1.31. The molecule has 2 amide bonds. The standard InChI is InChI=1S/C27H28N2O6/c30-26(19-34-22-14-12-21(13-15-22)33-17-20-7-2-1-3-8-20)28-29-27(31)24-10-4-5-11-25(24)35-18-23-9-6-16-32-23/h1-5,7-8,10-15,23H,6,9,16-19H2,(H,28,30)(H,29,31). The summed E-state index contributed by atoms with van der Waals surface area (Å²) >= 11 is 0. The summed E-state index contributed by atoms with van der Waals surface area (Å²) < 4.78 is 22.5. The first-order valence-electron chi connectivity index (χ1n) is 11.5. The first-order valence-corrected chi connectivity index (χ1v) is 11.5. The maximum absolute atomic E-state index is 12.6. The van der Waals surface area contributed by atoms with E-state index in [1.54, 1.807) is 48.5 Å². The van der Waals surface area contributed by atoms with Crippen molar-refractivity contribution in [3.8, 4) is 17.2 Å². The molecule has 35 heavy (non-hydrogen) atoms. The third-order valence-electron chi connectivity index (χ3n) is 5.34. The second-order valence-corrected chi connectivity index (χ2v) is 7.98. The zero-order valence-electron chi connectivity index (χ0n) is 19.3. The van der Waals surface area contributed by atoms with Gasteiger partial charge in [0.05, 0.1) is 11.7 Å². The van der Waals surface area contributed by atoms with Crippen LogP contribution in [-0.2, 0) is 16.1 Å². The fraction of sp³-hybridized carbons (Fsp3) is 0.259. The SMILES string of the molecule is O=C(COc1ccc(OCc2ccccc2)cc1)NNC(=O)c1ccccc1OCC1CCCO1. The number of hydrogen-bond donors (Lipinski definition) is 2. The van der Waals surface area contributed by atoms with Gasteiger partial charge in [-0.1, -0.05) is 42.5 Å². The highest BCUT2D eigenvalue weighted by molar-refractivity contribution is 5.97. The summed E-state index contributed by atoms with van der Waals surface area (Å²) in [6.07, 6.45) is 1.98. The monoisotopic (exact) mass is 476 g/mol. The number of nitrogens with one attached hydrogen (secondary N) is 2. The first-order chi connectivity index (χ1) is 17.2. The minimum atomic E-state index is -0.500. The van der Waals surface area contributed by atoms with Crippen molar-refractivity contribution in [3.05, 3.63) is 90.0 Å². The minimum absolute atomic E-state index is 0.0347. The lowest BCUT2D eigenvalue weighted by Gasteiger charge is -2.15. The average molecular weight is 477 g/mol. The number of carbonyl (C=O) groups excluding carboxylic acids is 2. The van der Waals surface area contributed by atoms with Gasteiger partial charge < -0.3 is 18.9 Å². The molecule has 182 valence electrons. The van der Waals surface area contributed by atoms with Crippen LogP contribution in [0, 0.1) is 0 Å². The van der Waals surface area contributed by atoms with E-state index in [9.17, 15) is 9.59 Å². The molecule has 0 saturated carbocycles. The normalized spacial score (nSPS) is 14.7. The summed E-state index contributed by atoms with van der Waals surface area (Å²) in [5.74, 6) is 0.645. The van der Waals surface area contributed by atoms with Gasteiger partial charge in [-0.05, 0) is 54.8 Å². The molecule has 0 radical (unpaired) electrons. The van der Waals surface area contributed by atoms with E-state index in [1.807, 2.05) is 30.3 Å². The fourth-order valence-corrected chi connectivity index (χ4v) is 3.49. The highest BCUT2D eigenvalue weighted by Crippen LogP contribution is 2.21. The molecule has 8 nitrogen and oxygen atoms in total. The van der Waals surface area contributed by atoms with Crippen molar-refractivity contribution in [3.63, 3.8) is 0 Å². The molecule has 1 unspecified atom stereocenters. The van der Waals surface area contributed by atoms with Gasteiger partial charge in [0.15, 0.2) is 6.61 Å². The van der Waals surface area contributed by atoms with Gasteiger partial charge in [0.1, 0.15) is 30.5 Å². The van der Waals surface area contributed by atoms with Crippen LogP contribution >= 0.6 is 0 Å². The van der Waals surface area contributed by atoms with E-state index in [-0.39, 0.29) is 12.7 Å². The second kappa shape index (κ2) is 12.4. The van der Waals surface area contributed by atoms with Crippen LogP contribution in [0.5, 0.6) is 17.2 Å². The molecule has 1 fully saturated rings. The number of ether oxygens (including phenoxy) is 4. The van der Waals surface area contributed by atoms with E-state index in [4.69, 9.17) is 18.9 Å². The van der Waals surface area contributed by atoms with Crippen molar-refractivity contribution in [2.45, 2.75) is 25.6 Å². The van der Waals surface area contributed by atoms with Gasteiger partial charge in [0.2, 0.25) is 0 Å². The molecule has 2 N–H and O–H groups in total. The van der Waals surface area contributed by atoms with Crippen molar-refractivity contribution < 1.29 is 28.5 Å². The maximum Gasteiger partial charge on any atom is 0.276 e. The Balaban J connectivity index is 1.19. The van der Waals surface area contributed by atoms with Crippen molar-refractivity contribution in [1.82, 2.24) is 10.9 Å². The number of rotatable bonds is 10. The number of para-hydroxylation sites is 1. The van der Waals surface area contributed by atoms with Crippen molar-refractivity contribution in [2.75, 3.05) is 19.8 Å². The van der Waals surface area contributed by atoms with Gasteiger partial charge in [-0.3, -0.25) is 20.4 Å². The zero-order valence-corrected chi connectivity index (χ0v) is 19.3. The van der Waals surface area contributed by atoms with Crippen LogP contribution in [-0.4, -0.2) is 37.7 Å². The molecule has 4 rings (SSSR count). The molecule has 0 aliphatic carbocycles. The number of carbonyl (C=O) groups is 2. The summed E-state index contributed by atoms with van der Waals surface area (Å²) in [6, 6.07) is 23.7. The van der Waals surface area contributed by atoms with Crippen LogP contribution in [0.4, 0.5) is 0 Å². The van der Waals surface area contributed by atoms with E-state index in [0.29, 0.717) is 36.0 Å². The molecular formula is C27H28N2O6. The van der Waals surface area contributed by atoms with Gasteiger partial charge in [-0.15, -0.1) is 0 Å². The van der Waals surface area contributed by atoms with Crippen LogP contribution in [0.2, 0.25) is 0 Å². The van der Waals surface area contributed by atoms with Gasteiger partial charge in [-0.2, -0.15) is 0 Å². The van der Waals surface area contributed by atoms with Gasteiger partial charge >= 0.3 is 0 Å². The number of hydrazine groups is 1. The Morgan fingerprint density at radius 2 is 1.54 bits per heavy atom. The van der Waals surface area contributed by atoms with Crippen molar-refractivity contribution >= 4 is 11.8 Å². The van der Waals surface area contributed by atoms with Crippen molar-refractivity contribution in [1.29, 1.82) is 0 Å². The maximum atomic E-state index is 12.6. The zero-order chi connectivity index (χ0) is 24.3. The summed E-state index contributed by atoms with van der Waals surface area (Å²) in [5.41, 5.74) is 6.14. The van der Waals surface area contributed by atoms with Crippen LogP contribution in [0.1, 0.15) is 28.8 Å². The quantitative estimate of drug-likeness (QED) is 0.434. The van der Waals surface area contributed by atoms with Gasteiger partial charge in [-0.25, -0.2) is 0 Å². The predicted octanol–water partition coefficient (Wildman–Crippen LogP) is 3.66. The number of hydrogen-bond acceptors (Lipinski definition) is 6. The Hall–Kier alpha value is -4.04. The molecule has 0 aromatic heterocycles. The molecule has 1 aliphatic rings. The molecule has 0 spiro atoms. The fourth-order valence-electron chi connectivity index (χ4n) is 3.49. The van der Waals surface area contributed by atoms with Crippen LogP contribution < -0.4 is 25.1 Å². The Kier molecular flexibility index (Phi) is 8.56. The highest BCUT2D eigenvalue weighted by Gasteiger charge is 2.18. The summed E-state index contributed by atoms with van der Waals surface area (Å²) in [4.78, 5) is 24.7. The van der Waals surface area contributed by atoms with E-state index >= 15 is 0 Å². The van der Waals surface area contributed by atoms with E-state index in [0.717, 1.165) is 25.0 Å². The Morgan fingerprint density at radius 3 is 2.29 bits per heavy atom. The van der Waals surface area contributed by atoms with E-state index < -0.39 is 11.8 Å². The molecule has 1 aliphatic heterocycles. The van der Waals surface area contributed by atoms with Crippen LogP contribution in [0.15, 0.2) is 78.9 Å². The molecule has 1 heterocycles. The Bertz CT molecular complexity index is 1100. The molecule has 1 atom stereocenters. The molecule has 0 bridgehead atoms. The molecular weight excluding hydrogens is 448 g/mol. The number of benzene rings is 3. The lowest BCUT2D eigenvalue weighted by Crippen LogP contribution is -2.44. The third kappa shape index (κ3) is 7.48. The average Bonchev–Trinajstić information content (AvgIpc) is 3.43. The summed E-state index contributed by atoms with van der Waals surface area (Å²) in [5, 5.41) is 0. The van der Waals surface area contributed by atoms with Gasteiger partial charge in [0, 0.05) is 6.61 Å². The van der Waals surface area contributed by atoms with E-state index in [1.165, 1.54) is 0 Å². The minimum Gasteiger partial charge on any atom is -0.490 e. The topological polar surface area (TPSA) is 95.1 Å². The molecule has 8 heteroatoms. The largest absolute Gasteiger partial charge is 0.490 e. The Morgan fingerprint density at radius 1 is 0.829 bits per heavy atom. The smallest absolute Gasteiger partial charge is 0.276 e. The van der Waals surface area contributed by atoms with E-state index in [2.05, 4.69) is 10.9 Å². The first kappa shape index (κ1) is 24.1. The van der Waals surface area contributed by atoms with Crippen molar-refractivity contribution in [2.24, 2.45) is 0 Å². The molecule has 3 aromatic carbocycles. The summed E-state index contributed by atoms with van der Waals surface area (Å²) in [7, 11) is 0. The lowest BCUT2D eigenvalue weighted by molar-refractivity contribution is -0.123. The molecule has 1 saturated heterocycles.